The highest BCUT2D eigenvalue weighted by atomic mass is 15.3. The molecule has 4 unspecified atom stereocenters. The SMILES string of the molecule is CC(C)(C)c1ccc(N2c3ccc(C(C)(C)C)cc3B3c4cccc5c4N(c4cc(N6c7ccccc7C7(c8ccccc8)CCCCC67C)cc2c43)C2(C)c3ccccc3CCC52C)cc1. The molecule has 1 fully saturated rings. The topological polar surface area (TPSA) is 9.72 Å². The Morgan fingerprint density at radius 1 is 0.493 bits per heavy atom. The van der Waals surface area contributed by atoms with Crippen LogP contribution < -0.4 is 31.1 Å². The van der Waals surface area contributed by atoms with E-state index in [0.29, 0.717) is 0 Å². The highest BCUT2D eigenvalue weighted by molar-refractivity contribution is 7.00. The van der Waals surface area contributed by atoms with Crippen molar-refractivity contribution in [2.24, 2.45) is 0 Å². The zero-order valence-corrected chi connectivity index (χ0v) is 41.1. The highest BCUT2D eigenvalue weighted by Crippen LogP contribution is 2.67. The van der Waals surface area contributed by atoms with E-state index in [9.17, 15) is 0 Å². The first-order chi connectivity index (χ1) is 32.1. The molecular formula is C63H64BN3. The van der Waals surface area contributed by atoms with Gasteiger partial charge in [-0.05, 0) is 142 Å². The lowest BCUT2D eigenvalue weighted by atomic mass is 9.33. The van der Waals surface area contributed by atoms with Gasteiger partial charge in [0.2, 0.25) is 0 Å². The third-order valence-electron chi connectivity index (χ3n) is 18.5. The van der Waals surface area contributed by atoms with Crippen molar-refractivity contribution >= 4 is 62.9 Å². The number of para-hydroxylation sites is 2. The molecule has 0 saturated heterocycles. The monoisotopic (exact) mass is 874 g/mol. The average Bonchev–Trinajstić information content (AvgIpc) is 3.70. The molecule has 334 valence electrons. The Balaban J connectivity index is 1.16. The van der Waals surface area contributed by atoms with E-state index < -0.39 is 0 Å². The van der Waals surface area contributed by atoms with Crippen LogP contribution in [0.5, 0.6) is 0 Å². The number of fused-ring (bicyclic) bond motifs is 12. The van der Waals surface area contributed by atoms with Crippen molar-refractivity contribution in [3.05, 3.63) is 191 Å². The minimum atomic E-state index is -0.324. The van der Waals surface area contributed by atoms with Gasteiger partial charge < -0.3 is 14.7 Å². The van der Waals surface area contributed by atoms with Crippen molar-refractivity contribution < 1.29 is 0 Å². The number of rotatable bonds is 3. The zero-order chi connectivity index (χ0) is 46.0. The Bertz CT molecular complexity index is 3190. The number of nitrogens with zero attached hydrogens (tertiary/aromatic N) is 3. The number of aryl methyl sites for hydroxylation is 1. The quantitative estimate of drug-likeness (QED) is 0.164. The second kappa shape index (κ2) is 13.6. The van der Waals surface area contributed by atoms with Crippen molar-refractivity contribution in [2.75, 3.05) is 14.7 Å². The zero-order valence-electron chi connectivity index (χ0n) is 41.1. The molecule has 7 aromatic rings. The fraction of sp³-hybridized carbons (Fsp3) is 0.333. The van der Waals surface area contributed by atoms with E-state index in [0.717, 1.165) is 25.7 Å². The van der Waals surface area contributed by atoms with E-state index in [4.69, 9.17) is 0 Å². The average molecular weight is 874 g/mol. The van der Waals surface area contributed by atoms with Crippen molar-refractivity contribution in [1.82, 2.24) is 0 Å². The van der Waals surface area contributed by atoms with E-state index in [1.165, 1.54) is 108 Å². The van der Waals surface area contributed by atoms with Crippen LogP contribution in [0, 0.1) is 0 Å². The maximum Gasteiger partial charge on any atom is 0.252 e. The van der Waals surface area contributed by atoms with Crippen LogP contribution >= 0.6 is 0 Å². The molecule has 7 aromatic carbocycles. The summed E-state index contributed by atoms with van der Waals surface area (Å²) in [6.45, 7) is 21.9. The summed E-state index contributed by atoms with van der Waals surface area (Å²) in [7, 11) is 0. The van der Waals surface area contributed by atoms with E-state index >= 15 is 0 Å². The van der Waals surface area contributed by atoms with Crippen LogP contribution in [0.2, 0.25) is 0 Å². The summed E-state index contributed by atoms with van der Waals surface area (Å²) >= 11 is 0. The van der Waals surface area contributed by atoms with Gasteiger partial charge in [0, 0.05) is 50.6 Å². The molecule has 67 heavy (non-hydrogen) atoms. The van der Waals surface area contributed by atoms with Crippen LogP contribution in [0.3, 0.4) is 0 Å². The first-order valence-electron chi connectivity index (χ1n) is 25.3. The summed E-state index contributed by atoms with van der Waals surface area (Å²) in [5, 5.41) is 0. The number of hydrogen-bond donors (Lipinski definition) is 0. The predicted molar refractivity (Wildman–Crippen MR) is 284 cm³/mol. The van der Waals surface area contributed by atoms with Crippen molar-refractivity contribution in [3.8, 4) is 0 Å². The second-order valence-electron chi connectivity index (χ2n) is 23.7. The predicted octanol–water partition coefficient (Wildman–Crippen LogP) is 13.9. The van der Waals surface area contributed by atoms with E-state index in [2.05, 4.69) is 229 Å². The van der Waals surface area contributed by atoms with E-state index in [1.807, 2.05) is 0 Å². The van der Waals surface area contributed by atoms with E-state index in [-0.39, 0.29) is 39.5 Å². The molecule has 4 atom stereocenters. The number of hydrogen-bond acceptors (Lipinski definition) is 3. The van der Waals surface area contributed by atoms with Gasteiger partial charge in [-0.1, -0.05) is 177 Å². The fourth-order valence-electron chi connectivity index (χ4n) is 15.0. The third kappa shape index (κ3) is 5.15. The molecule has 4 aliphatic heterocycles. The maximum atomic E-state index is 2.89. The molecule has 0 N–H and O–H groups in total. The highest BCUT2D eigenvalue weighted by Gasteiger charge is 2.64. The molecule has 0 radical (unpaired) electrons. The lowest BCUT2D eigenvalue weighted by Gasteiger charge is -2.54. The summed E-state index contributed by atoms with van der Waals surface area (Å²) in [5.41, 5.74) is 22.8. The summed E-state index contributed by atoms with van der Waals surface area (Å²) < 4.78 is 0. The molecule has 4 heterocycles. The lowest BCUT2D eigenvalue weighted by molar-refractivity contribution is 0.215. The molecule has 3 nitrogen and oxygen atoms in total. The van der Waals surface area contributed by atoms with Crippen molar-refractivity contribution in [1.29, 1.82) is 0 Å². The van der Waals surface area contributed by atoms with Crippen LogP contribution in [0.4, 0.5) is 39.8 Å². The number of benzene rings is 7. The normalized spacial score (nSPS) is 25.1. The summed E-state index contributed by atoms with van der Waals surface area (Å²) in [5.74, 6) is 0. The summed E-state index contributed by atoms with van der Waals surface area (Å²) in [6.07, 6.45) is 6.87. The van der Waals surface area contributed by atoms with Gasteiger partial charge in [0.05, 0.1) is 11.1 Å². The standard InChI is InChI=1S/C63H64BN3/c1-58(2,3)42-28-31-45(32-29-42)65-53-33-30-44(59(4,5)6)38-51(53)64-50-26-19-25-49-57(50)67(62(9)47-23-14-13-20-41(47)34-37-60(49,62)7)55-40-46(39-54(65)56(55)64)66-52-27-16-15-24-48(52)63(43-21-11-10-12-22-43)36-18-17-35-61(63,66)8/h10-16,19-33,38-40H,17-18,34-37H2,1-9H3. The summed E-state index contributed by atoms with van der Waals surface area (Å²) in [6, 6.07) is 60.1. The molecule has 6 aliphatic rings. The minimum absolute atomic E-state index is 0.00996. The minimum Gasteiger partial charge on any atom is -0.334 e. The molecule has 4 heteroatoms. The molecule has 2 aliphatic carbocycles. The van der Waals surface area contributed by atoms with Crippen LogP contribution in [-0.2, 0) is 33.6 Å². The molecule has 13 rings (SSSR count). The van der Waals surface area contributed by atoms with Crippen molar-refractivity contribution in [2.45, 2.75) is 134 Å². The number of anilines is 7. The van der Waals surface area contributed by atoms with Gasteiger partial charge in [0.15, 0.2) is 0 Å². The van der Waals surface area contributed by atoms with Crippen LogP contribution in [0.1, 0.15) is 133 Å². The molecule has 0 aromatic heterocycles. The first kappa shape index (κ1) is 41.2. The molecule has 0 bridgehead atoms. The first-order valence-corrected chi connectivity index (χ1v) is 25.3. The lowest BCUT2D eigenvalue weighted by Crippen LogP contribution is -2.64. The van der Waals surface area contributed by atoms with Gasteiger partial charge in [-0.25, -0.2) is 0 Å². The smallest absolute Gasteiger partial charge is 0.252 e. The Hall–Kier alpha value is -6.00. The van der Waals surface area contributed by atoms with Crippen LogP contribution in [0.15, 0.2) is 152 Å². The van der Waals surface area contributed by atoms with Gasteiger partial charge in [0.25, 0.3) is 6.71 Å². The molecule has 0 amide bonds. The Morgan fingerprint density at radius 3 is 1.91 bits per heavy atom. The van der Waals surface area contributed by atoms with Gasteiger partial charge >= 0.3 is 0 Å². The molecule has 0 spiro atoms. The Morgan fingerprint density at radius 2 is 1.15 bits per heavy atom. The van der Waals surface area contributed by atoms with Gasteiger partial charge in [-0.2, -0.15) is 0 Å². The Kier molecular flexibility index (Phi) is 8.36. The van der Waals surface area contributed by atoms with Gasteiger partial charge in [0.1, 0.15) is 0 Å². The van der Waals surface area contributed by atoms with Gasteiger partial charge in [-0.15, -0.1) is 0 Å². The van der Waals surface area contributed by atoms with E-state index in [1.54, 1.807) is 0 Å². The fourth-order valence-corrected chi connectivity index (χ4v) is 15.0. The second-order valence-corrected chi connectivity index (χ2v) is 23.7. The molecular weight excluding hydrogens is 810 g/mol. The molecule has 1 saturated carbocycles. The third-order valence-corrected chi connectivity index (χ3v) is 18.5. The van der Waals surface area contributed by atoms with Gasteiger partial charge in [-0.3, -0.25) is 0 Å². The summed E-state index contributed by atoms with van der Waals surface area (Å²) in [4.78, 5) is 8.39. The van der Waals surface area contributed by atoms with Crippen molar-refractivity contribution in [3.63, 3.8) is 0 Å². The maximum absolute atomic E-state index is 2.89. The van der Waals surface area contributed by atoms with Crippen LogP contribution in [0.25, 0.3) is 0 Å². The van der Waals surface area contributed by atoms with Crippen LogP contribution in [-0.4, -0.2) is 12.3 Å². The largest absolute Gasteiger partial charge is 0.334 e. The Labute approximate surface area is 400 Å².